The van der Waals surface area contributed by atoms with E-state index >= 15 is 0 Å². The van der Waals surface area contributed by atoms with Gasteiger partial charge in [0.1, 0.15) is 15.1 Å². The van der Waals surface area contributed by atoms with Crippen molar-refractivity contribution in [3.63, 3.8) is 0 Å². The first-order chi connectivity index (χ1) is 33.8. The normalized spacial score (nSPS) is 8.67. The Morgan fingerprint density at radius 3 is 1.27 bits per heavy atom. The van der Waals surface area contributed by atoms with Gasteiger partial charge >= 0.3 is 51.7 Å². The van der Waals surface area contributed by atoms with Crippen molar-refractivity contribution in [2.45, 2.75) is 7.43 Å². The molecule has 5 aromatic heterocycles. The molecule has 0 radical (unpaired) electrons. The molecule has 0 saturated heterocycles. The Bertz CT molecular complexity index is 2360. The van der Waals surface area contributed by atoms with Crippen molar-refractivity contribution in [2.75, 3.05) is 46.2 Å². The summed E-state index contributed by atoms with van der Waals surface area (Å²) in [5.74, 6) is 0.0613. The summed E-state index contributed by atoms with van der Waals surface area (Å²) in [6, 6.07) is 13.3. The molecule has 0 aromatic carbocycles. The van der Waals surface area contributed by atoms with Crippen molar-refractivity contribution in [3.05, 3.63) is 137 Å². The second kappa shape index (κ2) is 57.4. The largest absolute Gasteiger partial charge is 1.00 e. The molecule has 0 aliphatic rings. The van der Waals surface area contributed by atoms with Crippen LogP contribution in [0.15, 0.2) is 106 Å². The zero-order chi connectivity index (χ0) is 58.4. The third-order valence-corrected chi connectivity index (χ3v) is 8.35. The van der Waals surface area contributed by atoms with Gasteiger partial charge in [0.2, 0.25) is 24.2 Å². The van der Waals surface area contributed by atoms with Gasteiger partial charge < -0.3 is 29.3 Å². The summed E-state index contributed by atoms with van der Waals surface area (Å²) >= 11 is 52.5. The van der Waals surface area contributed by atoms with E-state index in [9.17, 15) is 20.2 Å². The average Bonchev–Trinajstić information content (AvgIpc) is 3.29. The predicted molar refractivity (Wildman–Crippen MR) is 299 cm³/mol. The summed E-state index contributed by atoms with van der Waals surface area (Å²) in [4.78, 5) is 39.7. The SMILES string of the molecule is Brc1ccc(Br)nc1.C.COc1cc([N+](=O)[O-])c(Br)c[n+]1O.COc1cc([N+](=O)[O-])c(Br)cn1.COc1ccc(Br)c[n+]1O.COc1ccc(Br)cn1.C[O-].ClCCl.ClCCl.ClP(Cl)Cl.O=S(=O)(O)O.O=[N+]([O-])O.[Na+]. The minimum atomic E-state index is -4.67. The molecule has 5 N–H and O–H groups in total. The molecule has 42 heteroatoms. The van der Waals surface area contributed by atoms with Crippen molar-refractivity contribution in [1.29, 1.82) is 0 Å². The molecule has 0 unspecified atom stereocenters. The van der Waals surface area contributed by atoms with E-state index in [0.717, 1.165) is 42.1 Å². The van der Waals surface area contributed by atoms with Crippen LogP contribution in [0.2, 0.25) is 0 Å². The minimum absolute atomic E-state index is 0. The number of methoxy groups -OCH3 is 4. The van der Waals surface area contributed by atoms with Crippen LogP contribution in [0.25, 0.3) is 0 Å². The van der Waals surface area contributed by atoms with Gasteiger partial charge in [0.15, 0.2) is 10.5 Å². The Morgan fingerprint density at radius 2 is 0.960 bits per heavy atom. The number of hydrogen-bond acceptors (Lipinski definition) is 18. The van der Waals surface area contributed by atoms with Crippen LogP contribution >= 0.6 is 182 Å². The van der Waals surface area contributed by atoms with Gasteiger partial charge in [0, 0.05) is 36.9 Å². The van der Waals surface area contributed by atoms with Gasteiger partial charge in [-0.15, -0.1) is 56.5 Å². The van der Waals surface area contributed by atoms with E-state index in [-0.39, 0.29) is 75.3 Å². The van der Waals surface area contributed by atoms with Crippen molar-refractivity contribution in [2.24, 2.45) is 0 Å². The van der Waals surface area contributed by atoms with Crippen LogP contribution < -0.4 is 63.1 Å². The molecule has 0 atom stereocenters. The van der Waals surface area contributed by atoms with Gasteiger partial charge in [0.05, 0.1) is 71.8 Å². The number of rotatable bonds is 6. The Balaban J connectivity index is -0.000000114. The van der Waals surface area contributed by atoms with Gasteiger partial charge in [-0.2, -0.15) is 15.5 Å². The summed E-state index contributed by atoms with van der Waals surface area (Å²) in [6.07, 6.45) is 7.40. The number of aromatic nitrogens is 5. The van der Waals surface area contributed by atoms with Crippen LogP contribution in [-0.4, -0.2) is 109 Å². The second-order valence-corrected chi connectivity index (χ2v) is 22.5. The van der Waals surface area contributed by atoms with Gasteiger partial charge in [-0.1, -0.05) is 41.1 Å². The summed E-state index contributed by atoms with van der Waals surface area (Å²) in [6.45, 7) is 0. The van der Waals surface area contributed by atoms with E-state index < -0.39 is 31.3 Å². The third-order valence-electron chi connectivity index (χ3n) is 5.25. The molecular weight excluding hydrogens is 1610 g/mol. The molecule has 0 bridgehead atoms. The Morgan fingerprint density at radius 1 is 0.613 bits per heavy atom. The van der Waals surface area contributed by atoms with Crippen LogP contribution in [0, 0.1) is 30.3 Å². The van der Waals surface area contributed by atoms with Gasteiger partial charge in [-0.25, -0.2) is 15.0 Å². The fourth-order valence-corrected chi connectivity index (χ4v) is 4.74. The van der Waals surface area contributed by atoms with E-state index in [2.05, 4.69) is 115 Å². The molecule has 26 nitrogen and oxygen atoms in total. The number of pyridine rings is 5. The maximum Gasteiger partial charge on any atom is 1.00 e. The predicted octanol–water partition coefficient (Wildman–Crippen LogP) is 9.48. The summed E-state index contributed by atoms with van der Waals surface area (Å²) < 4.78 is 56.3. The van der Waals surface area contributed by atoms with Crippen molar-refractivity contribution < 1.29 is 111 Å². The van der Waals surface area contributed by atoms with Crippen LogP contribution in [0.5, 0.6) is 23.5 Å². The standard InChI is InChI=1S/C6H6BrN2O4.C6H5BrN2O3.C6H7BrNO2.C6H6BrNO.C5H3Br2N.2CH2Cl2.CH3O.CH4.Cl3P.HNO3.Na.H2O4S/c1-13-6-2-5(9(11)12)4(7)3-8(6)10;1-12-6-2-5(9(10)11)4(7)3-8-6;1-10-6-3-2-5(7)4-8(6)9;1-9-6-3-2-5(7)4-8-6;6-4-1-2-5(7)8-3-4;2*2-1-3;1-2;;1-4(2)3;2-1(3)4;;1-5(2,3)4/h2-3,10H,1H3;2-3H,1H3;2-4,9H,1H3;2-4H,1H3;1-3H;2*1H2;1H3;1H4;;(H,2,3,4);;(H2,1,2,3,4)/q+1;;+1;;;;;-1;;;;+1;. The minimum Gasteiger partial charge on any atom is -0.857 e. The zero-order valence-electron chi connectivity index (χ0n) is 37.8. The van der Waals surface area contributed by atoms with E-state index in [0.29, 0.717) is 21.0 Å². The molecule has 422 valence electrons. The maximum atomic E-state index is 10.4. The molecule has 75 heavy (non-hydrogen) atoms. The van der Waals surface area contributed by atoms with Crippen LogP contribution in [0.1, 0.15) is 7.43 Å². The number of nitro groups is 2. The second-order valence-electron chi connectivity index (χ2n) is 9.72. The van der Waals surface area contributed by atoms with Crippen molar-refractivity contribution in [1.82, 2.24) is 15.0 Å². The first kappa shape index (κ1) is 90.3. The Kier molecular flexibility index (Phi) is 69.1. The number of hydrogen-bond donors (Lipinski definition) is 5. The van der Waals surface area contributed by atoms with Gasteiger partial charge in [-0.05, 0) is 120 Å². The topological polar surface area (TPSA) is 371 Å². The zero-order valence-corrected chi connectivity index (χ0v) is 56.3. The van der Waals surface area contributed by atoms with Crippen molar-refractivity contribution in [3.8, 4) is 23.5 Å². The number of halogens is 13. The molecule has 5 heterocycles. The third kappa shape index (κ3) is 61.8. The van der Waals surface area contributed by atoms with Crippen molar-refractivity contribution >= 4 is 203 Å². The first-order valence-electron chi connectivity index (χ1n) is 16.6. The molecule has 0 aliphatic heterocycles. The molecule has 5 rings (SSSR count). The van der Waals surface area contributed by atoms with Gasteiger partial charge in [-0.3, -0.25) is 39.7 Å². The summed E-state index contributed by atoms with van der Waals surface area (Å²) in [5, 5.41) is 61.3. The van der Waals surface area contributed by atoms with E-state index in [1.807, 2.05) is 18.2 Å². The molecule has 5 aromatic rings. The number of alkyl halides is 4. The first-order valence-corrected chi connectivity index (χ1v) is 29.0. The molecule has 0 aliphatic carbocycles. The Labute approximate surface area is 537 Å². The monoisotopic (exact) mass is 1640 g/mol. The smallest absolute Gasteiger partial charge is 0.857 e. The summed E-state index contributed by atoms with van der Waals surface area (Å²) in [5.41, 5.74) is -0.219. The molecular formula is C33H41Br6Cl7N8NaO18PS+2. The number of ether oxygens (including phenoxy) is 4. The molecule has 0 amide bonds. The van der Waals surface area contributed by atoms with Crippen LogP contribution in [-0.2, 0) is 10.4 Å². The molecule has 0 fully saturated rings. The Hall–Kier alpha value is -1.28. The molecule has 0 spiro atoms. The summed E-state index contributed by atoms with van der Waals surface area (Å²) in [7, 11) is 1.88. The maximum absolute atomic E-state index is 10.4. The quantitative estimate of drug-likeness (QED) is 0.0121. The van der Waals surface area contributed by atoms with E-state index in [1.165, 1.54) is 39.8 Å². The molecule has 0 saturated carbocycles. The van der Waals surface area contributed by atoms with Gasteiger partial charge in [0.25, 0.3) is 16.5 Å². The number of nitrogens with zero attached hydrogens (tertiary/aromatic N) is 8. The van der Waals surface area contributed by atoms with Crippen LogP contribution in [0.3, 0.4) is 0 Å². The fraction of sp³-hybridized carbons (Fsp3) is 0.242. The van der Waals surface area contributed by atoms with E-state index in [1.54, 1.807) is 37.7 Å². The fourth-order valence-electron chi connectivity index (χ4n) is 2.90. The van der Waals surface area contributed by atoms with Crippen LogP contribution in [0.4, 0.5) is 11.4 Å². The average molecular weight is 1650 g/mol. The van der Waals surface area contributed by atoms with E-state index in [4.69, 9.17) is 143 Å².